The van der Waals surface area contributed by atoms with Crippen molar-refractivity contribution in [1.82, 2.24) is 19.3 Å². The van der Waals surface area contributed by atoms with E-state index in [1.165, 1.54) is 18.2 Å². The normalized spacial score (nSPS) is 11.2. The zero-order valence-electron chi connectivity index (χ0n) is 18.6. The number of hydrogen-bond acceptors (Lipinski definition) is 5. The second-order valence-electron chi connectivity index (χ2n) is 7.72. The van der Waals surface area contributed by atoms with Gasteiger partial charge < -0.3 is 5.32 Å². The Labute approximate surface area is 194 Å². The van der Waals surface area contributed by atoms with Crippen LogP contribution < -0.4 is 10.9 Å². The lowest BCUT2D eigenvalue weighted by Crippen LogP contribution is -2.26. The highest BCUT2D eigenvalue weighted by molar-refractivity contribution is 7.99. The molecule has 33 heavy (non-hydrogen) atoms. The van der Waals surface area contributed by atoms with E-state index >= 15 is 0 Å². The summed E-state index contributed by atoms with van der Waals surface area (Å²) in [4.78, 5) is 30.7. The summed E-state index contributed by atoms with van der Waals surface area (Å²) in [5.41, 5.74) is 3.91. The number of rotatable bonds is 7. The molecule has 4 aromatic rings. The van der Waals surface area contributed by atoms with Gasteiger partial charge in [-0.2, -0.15) is 5.10 Å². The van der Waals surface area contributed by atoms with Crippen LogP contribution in [0.15, 0.2) is 58.5 Å². The third-order valence-electron chi connectivity index (χ3n) is 5.18. The lowest BCUT2D eigenvalue weighted by Gasteiger charge is -2.13. The number of carbonyl (C=O) groups is 1. The average Bonchev–Trinajstić information content (AvgIpc) is 3.11. The molecule has 0 saturated heterocycles. The van der Waals surface area contributed by atoms with Gasteiger partial charge in [-0.25, -0.2) is 9.37 Å². The minimum atomic E-state index is -0.428. The fourth-order valence-corrected chi connectivity index (χ4v) is 4.33. The van der Waals surface area contributed by atoms with Crippen LogP contribution in [-0.2, 0) is 17.9 Å². The van der Waals surface area contributed by atoms with Crippen molar-refractivity contribution >= 4 is 34.4 Å². The van der Waals surface area contributed by atoms with Crippen molar-refractivity contribution in [2.24, 2.45) is 0 Å². The second-order valence-corrected chi connectivity index (χ2v) is 8.66. The molecule has 0 aliphatic rings. The summed E-state index contributed by atoms with van der Waals surface area (Å²) in [5, 5.41) is 7.55. The molecular formula is C24H24FN5O2S. The van der Waals surface area contributed by atoms with Gasteiger partial charge in [0.15, 0.2) is 10.7 Å². The molecule has 1 amide bonds. The Morgan fingerprint density at radius 2 is 1.91 bits per heavy atom. The molecule has 0 spiro atoms. The number of halogens is 1. The highest BCUT2D eigenvalue weighted by Crippen LogP contribution is 2.21. The topological polar surface area (TPSA) is 81.8 Å². The van der Waals surface area contributed by atoms with E-state index in [4.69, 9.17) is 4.98 Å². The van der Waals surface area contributed by atoms with Crippen LogP contribution in [0.2, 0.25) is 0 Å². The first-order valence-electron chi connectivity index (χ1n) is 10.6. The molecule has 170 valence electrons. The molecule has 7 nitrogen and oxygen atoms in total. The Kier molecular flexibility index (Phi) is 6.60. The van der Waals surface area contributed by atoms with E-state index in [-0.39, 0.29) is 17.2 Å². The van der Waals surface area contributed by atoms with Crippen molar-refractivity contribution in [2.45, 2.75) is 39.0 Å². The predicted molar refractivity (Wildman–Crippen MR) is 128 cm³/mol. The summed E-state index contributed by atoms with van der Waals surface area (Å²) in [5.74, 6) is -0.728. The lowest BCUT2D eigenvalue weighted by molar-refractivity contribution is -0.113. The summed E-state index contributed by atoms with van der Waals surface area (Å²) < 4.78 is 16.6. The number of hydrogen-bond donors (Lipinski definition) is 1. The van der Waals surface area contributed by atoms with Crippen molar-refractivity contribution in [2.75, 3.05) is 11.1 Å². The summed E-state index contributed by atoms with van der Waals surface area (Å²) in [6, 6.07) is 13.6. The van der Waals surface area contributed by atoms with Crippen molar-refractivity contribution in [3.05, 3.63) is 81.5 Å². The van der Waals surface area contributed by atoms with Crippen LogP contribution in [0.1, 0.15) is 23.7 Å². The SMILES string of the molecule is CCn1nc(C)c2nc(SCC(=O)Nc3cccc(F)c3)n(Cc3ccc(C)cc3)c(=O)c21. The molecule has 2 aromatic heterocycles. The Morgan fingerprint density at radius 1 is 1.15 bits per heavy atom. The van der Waals surface area contributed by atoms with Crippen LogP contribution in [0.5, 0.6) is 0 Å². The smallest absolute Gasteiger partial charge is 0.280 e. The first-order valence-corrected chi connectivity index (χ1v) is 11.6. The van der Waals surface area contributed by atoms with Gasteiger partial charge in [0.1, 0.15) is 11.3 Å². The summed E-state index contributed by atoms with van der Waals surface area (Å²) in [6.07, 6.45) is 0. The van der Waals surface area contributed by atoms with Crippen molar-refractivity contribution in [3.63, 3.8) is 0 Å². The number of anilines is 1. The van der Waals surface area contributed by atoms with Gasteiger partial charge in [0.05, 0.1) is 18.0 Å². The van der Waals surface area contributed by atoms with Gasteiger partial charge in [-0.05, 0) is 44.5 Å². The molecular weight excluding hydrogens is 441 g/mol. The highest BCUT2D eigenvalue weighted by Gasteiger charge is 2.19. The van der Waals surface area contributed by atoms with Gasteiger partial charge in [0.2, 0.25) is 5.91 Å². The molecule has 0 fully saturated rings. The highest BCUT2D eigenvalue weighted by atomic mass is 32.2. The zero-order chi connectivity index (χ0) is 23.5. The quantitative estimate of drug-likeness (QED) is 0.328. The third-order valence-corrected chi connectivity index (χ3v) is 6.16. The Bertz CT molecular complexity index is 1380. The first kappa shape index (κ1) is 22.7. The number of fused-ring (bicyclic) bond motifs is 1. The maximum Gasteiger partial charge on any atom is 0.280 e. The van der Waals surface area contributed by atoms with Crippen LogP contribution in [0.25, 0.3) is 11.0 Å². The zero-order valence-corrected chi connectivity index (χ0v) is 19.4. The van der Waals surface area contributed by atoms with Gasteiger partial charge in [-0.15, -0.1) is 0 Å². The monoisotopic (exact) mass is 465 g/mol. The van der Waals surface area contributed by atoms with E-state index < -0.39 is 5.82 Å². The fourth-order valence-electron chi connectivity index (χ4n) is 3.54. The van der Waals surface area contributed by atoms with E-state index in [2.05, 4.69) is 10.4 Å². The predicted octanol–water partition coefficient (Wildman–Crippen LogP) is 4.15. The number of amides is 1. The van der Waals surface area contributed by atoms with Crippen LogP contribution in [0.3, 0.4) is 0 Å². The van der Waals surface area contributed by atoms with Crippen molar-refractivity contribution in [1.29, 1.82) is 0 Å². The molecule has 9 heteroatoms. The third kappa shape index (κ3) is 4.98. The number of carbonyl (C=O) groups excluding carboxylic acids is 1. The van der Waals surface area contributed by atoms with Crippen LogP contribution in [0, 0.1) is 19.7 Å². The maximum atomic E-state index is 13.5. The first-order chi connectivity index (χ1) is 15.9. The summed E-state index contributed by atoms with van der Waals surface area (Å²) >= 11 is 1.16. The Balaban J connectivity index is 1.67. The number of thioether (sulfide) groups is 1. The largest absolute Gasteiger partial charge is 0.325 e. The Hall–Kier alpha value is -3.46. The van der Waals surface area contributed by atoms with Gasteiger partial charge in [-0.1, -0.05) is 47.7 Å². The minimum absolute atomic E-state index is 0.0172. The molecule has 2 heterocycles. The van der Waals surface area contributed by atoms with E-state index in [1.54, 1.807) is 15.3 Å². The number of benzene rings is 2. The second kappa shape index (κ2) is 9.58. The van der Waals surface area contributed by atoms with Gasteiger partial charge >= 0.3 is 0 Å². The minimum Gasteiger partial charge on any atom is -0.325 e. The Morgan fingerprint density at radius 3 is 2.61 bits per heavy atom. The standard InChI is InChI=1S/C24H24FN5O2S/c1-4-30-22-21(16(3)28-30)27-24(29(23(22)32)13-17-10-8-15(2)9-11-17)33-14-20(31)26-19-7-5-6-18(25)12-19/h5-12H,4,13-14H2,1-3H3,(H,26,31). The molecule has 0 unspecified atom stereocenters. The van der Waals surface area contributed by atoms with Crippen molar-refractivity contribution in [3.8, 4) is 0 Å². The molecule has 0 atom stereocenters. The van der Waals surface area contributed by atoms with E-state index in [9.17, 15) is 14.0 Å². The van der Waals surface area contributed by atoms with Crippen molar-refractivity contribution < 1.29 is 9.18 Å². The molecule has 4 rings (SSSR count). The molecule has 1 N–H and O–H groups in total. The van der Waals surface area contributed by atoms with Crippen LogP contribution in [-0.4, -0.2) is 31.0 Å². The lowest BCUT2D eigenvalue weighted by atomic mass is 10.1. The number of aryl methyl sites for hydroxylation is 3. The van der Waals surface area contributed by atoms with Gasteiger partial charge in [0.25, 0.3) is 5.56 Å². The van der Waals surface area contributed by atoms with E-state index in [0.29, 0.717) is 40.7 Å². The van der Waals surface area contributed by atoms with Gasteiger partial charge in [-0.3, -0.25) is 18.8 Å². The molecule has 0 bridgehead atoms. The molecule has 0 aliphatic carbocycles. The molecule has 0 aliphatic heterocycles. The number of aromatic nitrogens is 4. The average molecular weight is 466 g/mol. The van der Waals surface area contributed by atoms with Crippen LogP contribution >= 0.6 is 11.8 Å². The van der Waals surface area contributed by atoms with Crippen LogP contribution in [0.4, 0.5) is 10.1 Å². The van der Waals surface area contributed by atoms with E-state index in [1.807, 2.05) is 45.0 Å². The molecule has 2 aromatic carbocycles. The summed E-state index contributed by atoms with van der Waals surface area (Å²) in [7, 11) is 0. The fraction of sp³-hybridized carbons (Fsp3) is 0.250. The maximum absolute atomic E-state index is 13.5. The molecule has 0 radical (unpaired) electrons. The van der Waals surface area contributed by atoms with Gasteiger partial charge in [0, 0.05) is 12.2 Å². The van der Waals surface area contributed by atoms with E-state index in [0.717, 1.165) is 22.9 Å². The molecule has 0 saturated carbocycles. The number of nitrogens with one attached hydrogen (secondary N) is 1. The number of nitrogens with zero attached hydrogens (tertiary/aromatic N) is 4. The summed E-state index contributed by atoms with van der Waals surface area (Å²) in [6.45, 7) is 6.62.